The molecule has 2 aliphatic rings. The number of amides is 1. The molecule has 1 aliphatic heterocycles. The quantitative estimate of drug-likeness (QED) is 0.322. The molecule has 0 spiro atoms. The number of benzene rings is 1. The summed E-state index contributed by atoms with van der Waals surface area (Å²) in [6.45, 7) is 4.25. The molecule has 9 nitrogen and oxygen atoms in total. The minimum absolute atomic E-state index is 0.0394. The van der Waals surface area contributed by atoms with Crippen LogP contribution in [0.25, 0.3) is 0 Å². The van der Waals surface area contributed by atoms with Crippen molar-refractivity contribution in [2.45, 2.75) is 32.2 Å². The second kappa shape index (κ2) is 10.5. The fraction of sp³-hybridized carbons (Fsp3) is 0.458. The van der Waals surface area contributed by atoms with Crippen LogP contribution in [-0.2, 0) is 17.6 Å². The Bertz CT molecular complexity index is 983. The molecule has 1 amide bonds. The average Bonchev–Trinajstić information content (AvgIpc) is 3.25. The number of ether oxygens (including phenoxy) is 1. The van der Waals surface area contributed by atoms with Gasteiger partial charge in [-0.15, -0.1) is 0 Å². The number of fused-ring (bicyclic) bond motifs is 1. The third-order valence-corrected chi connectivity index (χ3v) is 6.57. The Kier molecular flexibility index (Phi) is 7.29. The molecule has 2 atom stereocenters. The summed E-state index contributed by atoms with van der Waals surface area (Å²) in [6.07, 6.45) is 7.10. The summed E-state index contributed by atoms with van der Waals surface area (Å²) in [5.74, 6) is 6.36. The van der Waals surface area contributed by atoms with Gasteiger partial charge in [-0.05, 0) is 42.2 Å². The summed E-state index contributed by atoms with van der Waals surface area (Å²) in [5, 5.41) is 14.1. The second-order valence-electron chi connectivity index (χ2n) is 8.87. The molecule has 0 bridgehead atoms. The maximum atomic E-state index is 13.0. The molecule has 2 unspecified atom stereocenters. The van der Waals surface area contributed by atoms with Crippen molar-refractivity contribution in [1.29, 1.82) is 5.41 Å². The Labute approximate surface area is 194 Å². The molecule has 4 N–H and O–H groups in total. The Morgan fingerprint density at radius 1 is 1.30 bits per heavy atom. The molecule has 9 heteroatoms. The molecule has 4 rings (SSSR count). The Hall–Kier alpha value is -3.33. The fourth-order valence-corrected chi connectivity index (χ4v) is 4.60. The van der Waals surface area contributed by atoms with Crippen LogP contribution in [0.3, 0.4) is 0 Å². The van der Waals surface area contributed by atoms with Crippen molar-refractivity contribution in [3.8, 4) is 0 Å². The number of nitrogens with one attached hydrogen (secondary N) is 2. The van der Waals surface area contributed by atoms with Crippen LogP contribution in [0, 0.1) is 17.2 Å². The number of hydrogen-bond acceptors (Lipinski definition) is 8. The van der Waals surface area contributed by atoms with Gasteiger partial charge in [-0.1, -0.05) is 31.2 Å². The van der Waals surface area contributed by atoms with Crippen molar-refractivity contribution in [3.05, 3.63) is 53.3 Å². The Balaban J connectivity index is 1.26. The van der Waals surface area contributed by atoms with Gasteiger partial charge in [-0.2, -0.15) is 5.10 Å². The lowest BCUT2D eigenvalue weighted by Gasteiger charge is -2.36. The predicted octanol–water partition coefficient (Wildman–Crippen LogP) is 2.13. The standard InChI is InChI=1S/C24H31N7O2/c1-16-13-31(7-6-19(16)14-33-15-22(10-25)30-26)23(32)20-11-27-24(28-12-20)29-21-8-17-4-2-3-5-18(17)9-21/h2-5,10-12,16,19,21,25H,6-9,13-15,26H2,1H3,(H,27,28,29). The number of nitrogens with zero attached hydrogens (tertiary/aromatic N) is 4. The first kappa shape index (κ1) is 22.8. The van der Waals surface area contributed by atoms with E-state index in [0.717, 1.165) is 25.5 Å². The number of carbonyl (C=O) groups excluding carboxylic acids is 1. The zero-order valence-corrected chi connectivity index (χ0v) is 18.9. The Morgan fingerprint density at radius 3 is 2.61 bits per heavy atom. The number of aromatic nitrogens is 2. The van der Waals surface area contributed by atoms with Gasteiger partial charge >= 0.3 is 0 Å². The molecule has 1 fully saturated rings. The lowest BCUT2D eigenvalue weighted by Crippen LogP contribution is -2.44. The summed E-state index contributed by atoms with van der Waals surface area (Å²) < 4.78 is 5.66. The molecule has 174 valence electrons. The maximum Gasteiger partial charge on any atom is 0.257 e. The van der Waals surface area contributed by atoms with Gasteiger partial charge in [0.15, 0.2) is 0 Å². The van der Waals surface area contributed by atoms with Crippen LogP contribution in [-0.4, -0.2) is 65.0 Å². The zero-order chi connectivity index (χ0) is 23.2. The normalized spacial score (nSPS) is 21.0. The predicted molar refractivity (Wildman–Crippen MR) is 128 cm³/mol. The van der Waals surface area contributed by atoms with E-state index in [4.69, 9.17) is 16.0 Å². The molecule has 1 aromatic carbocycles. The van der Waals surface area contributed by atoms with E-state index >= 15 is 0 Å². The van der Waals surface area contributed by atoms with Gasteiger partial charge in [0, 0.05) is 37.7 Å². The van der Waals surface area contributed by atoms with Crippen LogP contribution in [0.5, 0.6) is 0 Å². The highest BCUT2D eigenvalue weighted by atomic mass is 16.5. The maximum absolute atomic E-state index is 13.0. The number of hydrogen-bond donors (Lipinski definition) is 3. The topological polar surface area (TPSA) is 130 Å². The van der Waals surface area contributed by atoms with Crippen LogP contribution in [0.4, 0.5) is 5.95 Å². The van der Waals surface area contributed by atoms with Gasteiger partial charge in [0.1, 0.15) is 5.71 Å². The van der Waals surface area contributed by atoms with E-state index in [1.54, 1.807) is 12.4 Å². The van der Waals surface area contributed by atoms with Crippen LogP contribution in [0.15, 0.2) is 41.8 Å². The van der Waals surface area contributed by atoms with E-state index < -0.39 is 0 Å². The van der Waals surface area contributed by atoms with Gasteiger partial charge in [-0.25, -0.2) is 9.97 Å². The number of rotatable bonds is 8. The lowest BCUT2D eigenvalue weighted by atomic mass is 9.87. The minimum atomic E-state index is -0.0394. The van der Waals surface area contributed by atoms with Crippen molar-refractivity contribution in [2.75, 3.05) is 31.6 Å². The van der Waals surface area contributed by atoms with E-state index in [-0.39, 0.29) is 18.6 Å². The van der Waals surface area contributed by atoms with Crippen LogP contribution >= 0.6 is 0 Å². The summed E-state index contributed by atoms with van der Waals surface area (Å²) >= 11 is 0. The summed E-state index contributed by atoms with van der Waals surface area (Å²) in [5.41, 5.74) is 3.65. The molecular weight excluding hydrogens is 418 g/mol. The van der Waals surface area contributed by atoms with Crippen molar-refractivity contribution in [1.82, 2.24) is 14.9 Å². The molecule has 33 heavy (non-hydrogen) atoms. The van der Waals surface area contributed by atoms with Gasteiger partial charge in [-0.3, -0.25) is 4.79 Å². The number of carbonyl (C=O) groups is 1. The van der Waals surface area contributed by atoms with Crippen LogP contribution < -0.4 is 11.2 Å². The van der Waals surface area contributed by atoms with Crippen molar-refractivity contribution < 1.29 is 9.53 Å². The molecule has 0 radical (unpaired) electrons. The minimum Gasteiger partial charge on any atom is -0.375 e. The number of likely N-dealkylation sites (tertiary alicyclic amines) is 1. The fourth-order valence-electron chi connectivity index (χ4n) is 4.60. The number of anilines is 1. The molecule has 2 heterocycles. The molecule has 1 aromatic heterocycles. The number of nitrogens with two attached hydrogens (primary N) is 1. The van der Waals surface area contributed by atoms with E-state index in [9.17, 15) is 4.79 Å². The van der Waals surface area contributed by atoms with Crippen molar-refractivity contribution >= 4 is 23.8 Å². The zero-order valence-electron chi connectivity index (χ0n) is 18.9. The highest BCUT2D eigenvalue weighted by Crippen LogP contribution is 2.25. The number of piperidine rings is 1. The van der Waals surface area contributed by atoms with E-state index in [2.05, 4.69) is 51.6 Å². The third kappa shape index (κ3) is 5.54. The molecule has 1 aliphatic carbocycles. The Morgan fingerprint density at radius 2 is 2.00 bits per heavy atom. The summed E-state index contributed by atoms with van der Waals surface area (Å²) in [4.78, 5) is 23.6. The highest BCUT2D eigenvalue weighted by molar-refractivity contribution is 6.30. The molecular formula is C24H31N7O2. The smallest absolute Gasteiger partial charge is 0.257 e. The largest absolute Gasteiger partial charge is 0.375 e. The first-order chi connectivity index (χ1) is 16.1. The lowest BCUT2D eigenvalue weighted by molar-refractivity contribution is 0.0412. The van der Waals surface area contributed by atoms with Gasteiger partial charge < -0.3 is 26.2 Å². The van der Waals surface area contributed by atoms with Gasteiger partial charge in [0.05, 0.1) is 18.8 Å². The van der Waals surface area contributed by atoms with Gasteiger partial charge in [0.2, 0.25) is 5.95 Å². The van der Waals surface area contributed by atoms with Crippen LogP contribution in [0.2, 0.25) is 0 Å². The van der Waals surface area contributed by atoms with E-state index in [1.807, 2.05) is 4.90 Å². The van der Waals surface area contributed by atoms with Crippen molar-refractivity contribution in [2.24, 2.45) is 22.8 Å². The first-order valence-electron chi connectivity index (χ1n) is 11.4. The summed E-state index contributed by atoms with van der Waals surface area (Å²) in [6, 6.07) is 8.74. The molecule has 2 aromatic rings. The monoisotopic (exact) mass is 449 g/mol. The average molecular weight is 450 g/mol. The van der Waals surface area contributed by atoms with Crippen molar-refractivity contribution in [3.63, 3.8) is 0 Å². The summed E-state index contributed by atoms with van der Waals surface area (Å²) in [7, 11) is 0. The molecule has 0 saturated carbocycles. The van der Waals surface area contributed by atoms with Crippen LogP contribution in [0.1, 0.15) is 34.8 Å². The second-order valence-corrected chi connectivity index (χ2v) is 8.87. The highest BCUT2D eigenvalue weighted by Gasteiger charge is 2.30. The first-order valence-corrected chi connectivity index (χ1v) is 11.4. The molecule has 1 saturated heterocycles. The SMILES string of the molecule is CC1CN(C(=O)c2cnc(NC3Cc4ccccc4C3)nc2)CCC1COCC(C=N)=NN. The van der Waals surface area contributed by atoms with E-state index in [0.29, 0.717) is 48.8 Å². The third-order valence-electron chi connectivity index (χ3n) is 6.57. The van der Waals surface area contributed by atoms with Gasteiger partial charge in [0.25, 0.3) is 5.91 Å². The van der Waals surface area contributed by atoms with E-state index in [1.165, 1.54) is 11.1 Å². The number of hydrazone groups is 1.